The minimum Gasteiger partial charge on any atom is -0.492 e. The lowest BCUT2D eigenvalue weighted by Crippen LogP contribution is -2.48. The molecule has 3 heteroatoms. The molecule has 31 heavy (non-hydrogen) atoms. The molecule has 1 N–H and O–H groups in total. The monoisotopic (exact) mass is 420 g/mol. The van der Waals surface area contributed by atoms with Crippen LogP contribution in [0.3, 0.4) is 0 Å². The molecule has 0 heterocycles. The number of rotatable bonds is 8. The third-order valence-electron chi connectivity index (χ3n) is 7.44. The predicted octanol–water partition coefficient (Wildman–Crippen LogP) is 7.27. The Morgan fingerprint density at radius 3 is 1.77 bits per heavy atom. The van der Waals surface area contributed by atoms with Crippen molar-refractivity contribution in [2.24, 2.45) is 11.8 Å². The second kappa shape index (κ2) is 11.0. The van der Waals surface area contributed by atoms with Crippen LogP contribution < -0.4 is 10.1 Å². The normalized spacial score (nSPS) is 26.5. The van der Waals surface area contributed by atoms with Crippen LogP contribution in [0, 0.1) is 11.8 Å². The molecule has 4 rings (SSSR count). The van der Waals surface area contributed by atoms with Crippen LogP contribution >= 0.6 is 0 Å². The van der Waals surface area contributed by atoms with Crippen LogP contribution in [0.2, 0.25) is 0 Å². The van der Waals surface area contributed by atoms with Gasteiger partial charge in [0.15, 0.2) is 0 Å². The molecule has 3 nitrogen and oxygen atoms in total. The summed E-state index contributed by atoms with van der Waals surface area (Å²) >= 11 is 0. The molecule has 0 radical (unpaired) electrons. The van der Waals surface area contributed by atoms with E-state index in [0.29, 0.717) is 0 Å². The van der Waals surface area contributed by atoms with Crippen LogP contribution in [0.25, 0.3) is 0 Å². The Balaban J connectivity index is 1.30. The zero-order valence-corrected chi connectivity index (χ0v) is 19.4. The molecule has 2 aliphatic rings. The van der Waals surface area contributed by atoms with Gasteiger partial charge in [-0.05, 0) is 99.6 Å². The van der Waals surface area contributed by atoms with E-state index in [1.54, 1.807) is 0 Å². The first-order chi connectivity index (χ1) is 15.2. The van der Waals surface area contributed by atoms with E-state index in [2.05, 4.69) is 60.5 Å². The molecule has 0 bridgehead atoms. The van der Waals surface area contributed by atoms with Crippen molar-refractivity contribution in [3.8, 4) is 5.75 Å². The molecule has 0 aromatic heterocycles. The maximum Gasteiger partial charge on any atom is 0.119 e. The first kappa shape index (κ1) is 22.2. The van der Waals surface area contributed by atoms with E-state index in [9.17, 15) is 0 Å². The van der Waals surface area contributed by atoms with Gasteiger partial charge in [-0.25, -0.2) is 0 Å². The molecule has 0 unspecified atom stereocenters. The van der Waals surface area contributed by atoms with Gasteiger partial charge in [0.2, 0.25) is 0 Å². The lowest BCUT2D eigenvalue weighted by molar-refractivity contribution is 0.0522. The van der Waals surface area contributed by atoms with Crippen LogP contribution in [-0.4, -0.2) is 30.1 Å². The summed E-state index contributed by atoms with van der Waals surface area (Å²) in [6, 6.07) is 20.2. The summed E-state index contributed by atoms with van der Waals surface area (Å²) in [4.78, 5) is 2.84. The van der Waals surface area contributed by atoms with Gasteiger partial charge in [0.05, 0.1) is 0 Å². The zero-order chi connectivity index (χ0) is 21.5. The number of ether oxygens (including phenoxy) is 1. The summed E-state index contributed by atoms with van der Waals surface area (Å²) in [6.07, 6.45) is 11.0. The molecule has 2 aromatic rings. The number of benzene rings is 2. The highest BCUT2D eigenvalue weighted by molar-refractivity contribution is 5.59. The molecule has 0 spiro atoms. The van der Waals surface area contributed by atoms with Gasteiger partial charge in [-0.3, -0.25) is 4.90 Å². The lowest BCUT2D eigenvalue weighted by atomic mass is 9.82. The van der Waals surface area contributed by atoms with Crippen molar-refractivity contribution in [2.45, 2.75) is 77.3 Å². The summed E-state index contributed by atoms with van der Waals surface area (Å²) < 4.78 is 6.20. The minimum atomic E-state index is 0.760. The Kier molecular flexibility index (Phi) is 7.91. The molecule has 168 valence electrons. The van der Waals surface area contributed by atoms with Gasteiger partial charge in [-0.2, -0.15) is 0 Å². The van der Waals surface area contributed by atoms with Crippen molar-refractivity contribution in [1.29, 1.82) is 0 Å². The van der Waals surface area contributed by atoms with Crippen LogP contribution in [0.5, 0.6) is 5.75 Å². The van der Waals surface area contributed by atoms with Gasteiger partial charge in [0.1, 0.15) is 12.4 Å². The van der Waals surface area contributed by atoms with Crippen molar-refractivity contribution in [1.82, 2.24) is 4.90 Å². The van der Waals surface area contributed by atoms with Crippen molar-refractivity contribution in [3.63, 3.8) is 0 Å². The smallest absolute Gasteiger partial charge is 0.119 e. The highest BCUT2D eigenvalue weighted by Gasteiger charge is 2.31. The van der Waals surface area contributed by atoms with E-state index < -0.39 is 0 Å². The van der Waals surface area contributed by atoms with Gasteiger partial charge in [0, 0.05) is 30.0 Å². The second-order valence-corrected chi connectivity index (χ2v) is 9.93. The van der Waals surface area contributed by atoms with E-state index in [-0.39, 0.29) is 0 Å². The van der Waals surface area contributed by atoms with E-state index in [0.717, 1.165) is 54.2 Å². The molecular formula is C28H40N2O. The number of hydrogen-bond donors (Lipinski definition) is 1. The second-order valence-electron chi connectivity index (χ2n) is 9.93. The maximum absolute atomic E-state index is 6.20. The van der Waals surface area contributed by atoms with E-state index >= 15 is 0 Å². The fourth-order valence-electron chi connectivity index (χ4n) is 5.40. The number of anilines is 2. The van der Waals surface area contributed by atoms with Gasteiger partial charge in [-0.15, -0.1) is 0 Å². The molecule has 2 saturated carbocycles. The number of nitrogens with zero attached hydrogens (tertiary/aromatic N) is 1. The van der Waals surface area contributed by atoms with Crippen molar-refractivity contribution < 1.29 is 4.74 Å². The van der Waals surface area contributed by atoms with Gasteiger partial charge in [-0.1, -0.05) is 32.0 Å². The average Bonchev–Trinajstić information content (AvgIpc) is 2.80. The van der Waals surface area contributed by atoms with Crippen molar-refractivity contribution in [2.75, 3.05) is 18.5 Å². The highest BCUT2D eigenvalue weighted by atomic mass is 16.5. The van der Waals surface area contributed by atoms with Crippen molar-refractivity contribution >= 4 is 11.4 Å². The highest BCUT2D eigenvalue weighted by Crippen LogP contribution is 2.33. The van der Waals surface area contributed by atoms with Crippen LogP contribution in [0.4, 0.5) is 11.4 Å². The fraction of sp³-hybridized carbons (Fsp3) is 0.571. The number of nitrogens with one attached hydrogen (secondary N) is 1. The Hall–Kier alpha value is -2.00. The maximum atomic E-state index is 6.20. The third-order valence-corrected chi connectivity index (χ3v) is 7.44. The van der Waals surface area contributed by atoms with E-state index in [1.165, 1.54) is 51.4 Å². The van der Waals surface area contributed by atoms with Crippen LogP contribution in [0.15, 0.2) is 54.6 Å². The van der Waals surface area contributed by atoms with Crippen molar-refractivity contribution in [3.05, 3.63) is 54.6 Å². The van der Waals surface area contributed by atoms with Gasteiger partial charge < -0.3 is 10.1 Å². The predicted molar refractivity (Wildman–Crippen MR) is 131 cm³/mol. The Bertz CT molecular complexity index is 737. The molecule has 2 fully saturated rings. The summed E-state index contributed by atoms with van der Waals surface area (Å²) in [6.45, 7) is 6.68. The first-order valence-corrected chi connectivity index (χ1v) is 12.5. The minimum absolute atomic E-state index is 0.760. The first-order valence-electron chi connectivity index (χ1n) is 12.5. The summed E-state index contributed by atoms with van der Waals surface area (Å²) in [5.41, 5.74) is 2.20. The number of hydrogen-bond acceptors (Lipinski definition) is 3. The zero-order valence-electron chi connectivity index (χ0n) is 19.4. The molecule has 0 aliphatic heterocycles. The standard InChI is InChI=1S/C28H40N2O/c1-22-8-14-26(15-9-22)30(27-16-10-23(2)11-17-27)20-21-31-28-18-12-25(13-19-28)29-24-6-4-3-5-7-24/h3-7,12-13,18-19,22-23,26-27,29H,8-11,14-17,20-21H2,1-2H3. The Morgan fingerprint density at radius 2 is 1.23 bits per heavy atom. The Morgan fingerprint density at radius 1 is 0.710 bits per heavy atom. The quantitative estimate of drug-likeness (QED) is 0.486. The summed E-state index contributed by atoms with van der Waals surface area (Å²) in [5, 5.41) is 3.43. The third kappa shape index (κ3) is 6.49. The molecule has 0 atom stereocenters. The molecule has 0 saturated heterocycles. The molecule has 2 aromatic carbocycles. The van der Waals surface area contributed by atoms with Gasteiger partial charge in [0.25, 0.3) is 0 Å². The van der Waals surface area contributed by atoms with E-state index in [4.69, 9.17) is 4.74 Å². The van der Waals surface area contributed by atoms with Crippen LogP contribution in [0.1, 0.15) is 65.2 Å². The fourth-order valence-corrected chi connectivity index (χ4v) is 5.40. The lowest BCUT2D eigenvalue weighted by Gasteiger charge is -2.43. The molecule has 2 aliphatic carbocycles. The van der Waals surface area contributed by atoms with Gasteiger partial charge >= 0.3 is 0 Å². The van der Waals surface area contributed by atoms with E-state index in [1.807, 2.05) is 18.2 Å². The summed E-state index contributed by atoms with van der Waals surface area (Å²) in [7, 11) is 0. The SMILES string of the molecule is CC1CCC(N(CCOc2ccc(Nc3ccccc3)cc2)C2CCC(C)CC2)CC1. The average molecular weight is 421 g/mol. The largest absolute Gasteiger partial charge is 0.492 e. The topological polar surface area (TPSA) is 24.5 Å². The van der Waals surface area contributed by atoms with Crippen LogP contribution in [-0.2, 0) is 0 Å². The summed E-state index contributed by atoms with van der Waals surface area (Å²) in [5.74, 6) is 2.78. The molecular weight excluding hydrogens is 380 g/mol. The molecule has 0 amide bonds. The number of para-hydroxylation sites is 1. The Labute approximate surface area is 189 Å².